The number of hydrogen-bond donors (Lipinski definition) is 1. The van der Waals surface area contributed by atoms with Crippen molar-refractivity contribution in [3.05, 3.63) is 70.2 Å². The Kier molecular flexibility index (Phi) is 5.17. The van der Waals surface area contributed by atoms with E-state index < -0.39 is 0 Å². The van der Waals surface area contributed by atoms with Gasteiger partial charge in [-0.3, -0.25) is 13.9 Å². The van der Waals surface area contributed by atoms with Gasteiger partial charge in [0.15, 0.2) is 5.13 Å². The largest absolute Gasteiger partial charge is 0.345 e. The Morgan fingerprint density at radius 3 is 2.70 bits per heavy atom. The Hall–Kier alpha value is -3.39. The van der Waals surface area contributed by atoms with Gasteiger partial charge in [0, 0.05) is 35.9 Å². The topological polar surface area (TPSA) is 73.8 Å². The zero-order valence-electron chi connectivity index (χ0n) is 17.2. The van der Waals surface area contributed by atoms with Crippen molar-refractivity contribution in [2.75, 3.05) is 5.32 Å². The van der Waals surface area contributed by atoms with E-state index in [1.54, 1.807) is 11.6 Å². The predicted octanol–water partition coefficient (Wildman–Crippen LogP) is 3.71. The van der Waals surface area contributed by atoms with Crippen molar-refractivity contribution in [3.8, 4) is 11.3 Å². The number of para-hydroxylation sites is 2. The number of thiazole rings is 1. The summed E-state index contributed by atoms with van der Waals surface area (Å²) < 4.78 is 5.19. The lowest BCUT2D eigenvalue weighted by Gasteiger charge is -2.05. The van der Waals surface area contributed by atoms with Crippen molar-refractivity contribution in [2.24, 2.45) is 7.05 Å². The molecule has 0 radical (unpaired) electrons. The SMILES string of the molecule is C=CCn1c(C)cc(-c2csc(NC(=O)Cn3c(=O)n(C)c4ccccc43)n2)c1C. The molecule has 0 spiro atoms. The monoisotopic (exact) mass is 421 g/mol. The fourth-order valence-corrected chi connectivity index (χ4v) is 4.47. The van der Waals surface area contributed by atoms with E-state index in [-0.39, 0.29) is 18.1 Å². The number of benzene rings is 1. The van der Waals surface area contributed by atoms with Crippen LogP contribution >= 0.6 is 11.3 Å². The molecule has 0 unspecified atom stereocenters. The zero-order valence-corrected chi connectivity index (χ0v) is 18.0. The van der Waals surface area contributed by atoms with E-state index in [1.165, 1.54) is 15.9 Å². The van der Waals surface area contributed by atoms with Crippen molar-refractivity contribution in [1.82, 2.24) is 18.7 Å². The highest BCUT2D eigenvalue weighted by Gasteiger charge is 2.16. The summed E-state index contributed by atoms with van der Waals surface area (Å²) in [6.07, 6.45) is 1.87. The minimum atomic E-state index is -0.286. The molecule has 0 fully saturated rings. The van der Waals surface area contributed by atoms with Crippen LogP contribution in [0.15, 0.2) is 53.2 Å². The maximum absolute atomic E-state index is 12.6. The van der Waals surface area contributed by atoms with Gasteiger partial charge < -0.3 is 9.88 Å². The minimum absolute atomic E-state index is 0.0665. The molecule has 0 atom stereocenters. The number of allylic oxidation sites excluding steroid dienone is 1. The Balaban J connectivity index is 1.55. The molecule has 1 amide bonds. The van der Waals surface area contributed by atoms with E-state index in [0.717, 1.165) is 40.2 Å². The molecule has 0 aliphatic carbocycles. The number of imidazole rings is 1. The molecule has 3 aromatic heterocycles. The van der Waals surface area contributed by atoms with Crippen molar-refractivity contribution in [3.63, 3.8) is 0 Å². The van der Waals surface area contributed by atoms with Crippen LogP contribution in [0.25, 0.3) is 22.3 Å². The van der Waals surface area contributed by atoms with E-state index >= 15 is 0 Å². The number of aryl methyl sites for hydroxylation is 2. The van der Waals surface area contributed by atoms with Crippen molar-refractivity contribution in [1.29, 1.82) is 0 Å². The molecule has 4 aromatic rings. The quantitative estimate of drug-likeness (QED) is 0.483. The second-order valence-electron chi connectivity index (χ2n) is 7.19. The fraction of sp³-hybridized carbons (Fsp3) is 0.227. The van der Waals surface area contributed by atoms with Crippen LogP contribution in [0.1, 0.15) is 11.4 Å². The fourth-order valence-electron chi connectivity index (χ4n) is 3.74. The smallest absolute Gasteiger partial charge is 0.329 e. The maximum Gasteiger partial charge on any atom is 0.329 e. The molecule has 1 N–H and O–H groups in total. The van der Waals surface area contributed by atoms with Crippen LogP contribution in [0.4, 0.5) is 5.13 Å². The van der Waals surface area contributed by atoms with E-state index in [4.69, 9.17) is 0 Å². The molecule has 7 nitrogen and oxygen atoms in total. The van der Waals surface area contributed by atoms with Gasteiger partial charge >= 0.3 is 5.69 Å². The van der Waals surface area contributed by atoms with Gasteiger partial charge in [-0.2, -0.15) is 0 Å². The minimum Gasteiger partial charge on any atom is -0.345 e. The number of anilines is 1. The Labute approximate surface area is 177 Å². The molecule has 0 saturated heterocycles. The highest BCUT2D eigenvalue weighted by Crippen LogP contribution is 2.30. The molecule has 3 heterocycles. The molecule has 154 valence electrons. The summed E-state index contributed by atoms with van der Waals surface area (Å²) in [5, 5.41) is 5.27. The summed E-state index contributed by atoms with van der Waals surface area (Å²) >= 11 is 1.37. The molecule has 1 aromatic carbocycles. The number of hydrogen-bond acceptors (Lipinski definition) is 4. The van der Waals surface area contributed by atoms with Gasteiger partial charge in [-0.1, -0.05) is 18.2 Å². The van der Waals surface area contributed by atoms with Crippen molar-refractivity contribution in [2.45, 2.75) is 26.9 Å². The second-order valence-corrected chi connectivity index (χ2v) is 8.04. The Morgan fingerprint density at radius 2 is 1.97 bits per heavy atom. The molecular weight excluding hydrogens is 398 g/mol. The number of amides is 1. The first kappa shape index (κ1) is 19.9. The van der Waals surface area contributed by atoms with Gasteiger partial charge in [0.05, 0.1) is 16.7 Å². The van der Waals surface area contributed by atoms with Gasteiger partial charge in [-0.05, 0) is 32.0 Å². The van der Waals surface area contributed by atoms with Crippen molar-refractivity contribution >= 4 is 33.4 Å². The predicted molar refractivity (Wildman–Crippen MR) is 121 cm³/mol. The van der Waals surface area contributed by atoms with E-state index in [1.807, 2.05) is 35.7 Å². The zero-order chi connectivity index (χ0) is 21.4. The highest BCUT2D eigenvalue weighted by molar-refractivity contribution is 7.14. The summed E-state index contributed by atoms with van der Waals surface area (Å²) in [6, 6.07) is 9.52. The highest BCUT2D eigenvalue weighted by atomic mass is 32.1. The number of nitrogens with zero attached hydrogens (tertiary/aromatic N) is 4. The number of rotatable bonds is 6. The van der Waals surface area contributed by atoms with Crippen LogP contribution in [0, 0.1) is 13.8 Å². The normalized spacial score (nSPS) is 11.2. The number of fused-ring (bicyclic) bond motifs is 1. The molecule has 0 saturated carbocycles. The lowest BCUT2D eigenvalue weighted by Crippen LogP contribution is -2.28. The number of aromatic nitrogens is 4. The lowest BCUT2D eigenvalue weighted by molar-refractivity contribution is -0.116. The van der Waals surface area contributed by atoms with Crippen molar-refractivity contribution < 1.29 is 4.79 Å². The first-order valence-corrected chi connectivity index (χ1v) is 10.5. The molecular formula is C22H23N5O2S. The van der Waals surface area contributed by atoms with Crippen LogP contribution < -0.4 is 11.0 Å². The van der Waals surface area contributed by atoms with Crippen LogP contribution in [0.3, 0.4) is 0 Å². The average Bonchev–Trinajstić information content (AvgIpc) is 3.36. The molecule has 0 aliphatic heterocycles. The molecule has 0 aliphatic rings. The second kappa shape index (κ2) is 7.79. The third-order valence-corrected chi connectivity index (χ3v) is 6.02. The Morgan fingerprint density at radius 1 is 1.23 bits per heavy atom. The summed E-state index contributed by atoms with van der Waals surface area (Å²) in [6.45, 7) is 8.59. The van der Waals surface area contributed by atoms with E-state index in [9.17, 15) is 9.59 Å². The van der Waals surface area contributed by atoms with Gasteiger partial charge in [0.25, 0.3) is 0 Å². The van der Waals surface area contributed by atoms with Gasteiger partial charge in [-0.25, -0.2) is 9.78 Å². The average molecular weight is 422 g/mol. The Bertz CT molecular complexity index is 1320. The van der Waals surface area contributed by atoms with Crippen LogP contribution in [0.5, 0.6) is 0 Å². The lowest BCUT2D eigenvalue weighted by atomic mass is 10.2. The first-order valence-electron chi connectivity index (χ1n) is 9.58. The van der Waals surface area contributed by atoms with Crippen LogP contribution in [-0.4, -0.2) is 24.6 Å². The number of carbonyl (C=O) groups excluding carboxylic acids is 1. The van der Waals surface area contributed by atoms with Crippen LogP contribution in [0.2, 0.25) is 0 Å². The number of carbonyl (C=O) groups is 1. The van der Waals surface area contributed by atoms with E-state index in [0.29, 0.717) is 5.13 Å². The maximum atomic E-state index is 12.6. The molecule has 8 heteroatoms. The standard InChI is InChI=1S/C22H23N5O2S/c1-5-10-26-14(2)11-16(15(26)3)17-13-30-21(23-17)24-20(28)12-27-19-9-7-6-8-18(19)25(4)22(27)29/h5-9,11,13H,1,10,12H2,2-4H3,(H,23,24,28). The van der Waals surface area contributed by atoms with Gasteiger partial charge in [-0.15, -0.1) is 17.9 Å². The third kappa shape index (κ3) is 3.39. The van der Waals surface area contributed by atoms with Gasteiger partial charge in [0.1, 0.15) is 6.54 Å². The molecule has 0 bridgehead atoms. The summed E-state index contributed by atoms with van der Waals surface area (Å²) in [5.41, 5.74) is 5.41. The van der Waals surface area contributed by atoms with Crippen LogP contribution in [-0.2, 0) is 24.9 Å². The first-order chi connectivity index (χ1) is 14.4. The van der Waals surface area contributed by atoms with E-state index in [2.05, 4.69) is 41.4 Å². The van der Waals surface area contributed by atoms with Gasteiger partial charge in [0.2, 0.25) is 5.91 Å². The molecule has 4 rings (SSSR count). The summed E-state index contributed by atoms with van der Waals surface area (Å²) in [5.74, 6) is -0.286. The summed E-state index contributed by atoms with van der Waals surface area (Å²) in [7, 11) is 1.70. The summed E-state index contributed by atoms with van der Waals surface area (Å²) in [4.78, 5) is 29.7. The third-order valence-electron chi connectivity index (χ3n) is 5.27. The molecule has 30 heavy (non-hydrogen) atoms. The number of nitrogens with one attached hydrogen (secondary N) is 1.